The number of hydrogen-bond acceptors (Lipinski definition) is 4. The van der Waals surface area contributed by atoms with Crippen molar-refractivity contribution < 1.29 is 27.5 Å². The Kier molecular flexibility index (Phi) is 7.55. The lowest BCUT2D eigenvalue weighted by atomic mass is 9.85. The molecule has 2 aromatic rings. The van der Waals surface area contributed by atoms with Crippen molar-refractivity contribution in [1.29, 1.82) is 0 Å². The van der Waals surface area contributed by atoms with E-state index in [0.717, 1.165) is 24.6 Å². The van der Waals surface area contributed by atoms with Gasteiger partial charge in [0, 0.05) is 17.4 Å². The lowest BCUT2D eigenvalue weighted by Crippen LogP contribution is -2.40. The molecule has 2 atom stereocenters. The van der Waals surface area contributed by atoms with E-state index in [1.807, 2.05) is 12.1 Å². The maximum Gasteiger partial charge on any atom is 0.416 e. The molecule has 0 spiro atoms. The first-order chi connectivity index (χ1) is 15.8. The van der Waals surface area contributed by atoms with Crippen LogP contribution in [0.3, 0.4) is 0 Å². The normalized spacial score (nSPS) is 18.8. The van der Waals surface area contributed by atoms with Crippen molar-refractivity contribution in [2.24, 2.45) is 5.92 Å². The van der Waals surface area contributed by atoms with E-state index < -0.39 is 29.4 Å². The van der Waals surface area contributed by atoms with Crippen molar-refractivity contribution in [3.63, 3.8) is 0 Å². The van der Waals surface area contributed by atoms with Crippen LogP contribution in [-0.4, -0.2) is 24.1 Å². The van der Waals surface area contributed by atoms with Gasteiger partial charge in [0.15, 0.2) is 0 Å². The number of amides is 2. The van der Waals surface area contributed by atoms with Crippen LogP contribution in [0.2, 0.25) is 0 Å². The fourth-order valence-corrected chi connectivity index (χ4v) is 3.96. The number of piperidine rings is 1. The van der Waals surface area contributed by atoms with E-state index in [0.29, 0.717) is 12.1 Å². The molecule has 1 fully saturated rings. The van der Waals surface area contributed by atoms with Gasteiger partial charge in [0.05, 0.1) is 11.5 Å². The summed E-state index contributed by atoms with van der Waals surface area (Å²) in [4.78, 5) is 25.0. The van der Waals surface area contributed by atoms with Crippen LogP contribution in [0.1, 0.15) is 56.3 Å². The van der Waals surface area contributed by atoms with Gasteiger partial charge in [-0.1, -0.05) is 18.2 Å². The first-order valence-electron chi connectivity index (χ1n) is 11.2. The zero-order valence-electron chi connectivity index (χ0n) is 19.7. The number of anilines is 2. The van der Waals surface area contributed by atoms with Crippen molar-refractivity contribution in [1.82, 2.24) is 5.32 Å². The highest BCUT2D eigenvalue weighted by atomic mass is 19.4. The van der Waals surface area contributed by atoms with Crippen LogP contribution in [-0.2, 0) is 15.7 Å². The highest BCUT2D eigenvalue weighted by Crippen LogP contribution is 2.35. The van der Waals surface area contributed by atoms with Crippen LogP contribution in [0.25, 0.3) is 0 Å². The number of hydrogen-bond donors (Lipinski definition) is 3. The zero-order valence-corrected chi connectivity index (χ0v) is 19.7. The third-order valence-electron chi connectivity index (χ3n) is 5.52. The van der Waals surface area contributed by atoms with Crippen molar-refractivity contribution >= 4 is 23.4 Å². The number of rotatable bonds is 4. The molecule has 0 saturated carbocycles. The SMILES string of the molecule is Cc1ccc(NC(=O)C2CCCNC2c2ccc(NC(=O)OC(C)(C)C)cc2)cc1C(F)(F)F. The molecule has 0 aromatic heterocycles. The van der Waals surface area contributed by atoms with Crippen molar-refractivity contribution in [2.45, 2.75) is 58.4 Å². The zero-order chi connectivity index (χ0) is 25.1. The van der Waals surface area contributed by atoms with Gasteiger partial charge in [-0.3, -0.25) is 10.1 Å². The molecule has 3 rings (SSSR count). The summed E-state index contributed by atoms with van der Waals surface area (Å²) in [6.45, 7) is 7.42. The fourth-order valence-electron chi connectivity index (χ4n) is 3.96. The summed E-state index contributed by atoms with van der Waals surface area (Å²) < 4.78 is 45.0. The maximum atomic E-state index is 13.2. The minimum Gasteiger partial charge on any atom is -0.444 e. The molecule has 2 unspecified atom stereocenters. The number of nitrogens with one attached hydrogen (secondary N) is 3. The van der Waals surface area contributed by atoms with Crippen LogP contribution < -0.4 is 16.0 Å². The van der Waals surface area contributed by atoms with Gasteiger partial charge in [0.25, 0.3) is 0 Å². The summed E-state index contributed by atoms with van der Waals surface area (Å²) in [5.74, 6) is -0.806. The number of aryl methyl sites for hydroxylation is 1. The van der Waals surface area contributed by atoms with E-state index in [9.17, 15) is 22.8 Å². The summed E-state index contributed by atoms with van der Waals surface area (Å²) in [6.07, 6.45) is -3.69. The Labute approximate surface area is 197 Å². The number of ether oxygens (including phenoxy) is 1. The van der Waals surface area contributed by atoms with Crippen molar-refractivity contribution in [3.8, 4) is 0 Å². The molecule has 1 aliphatic heterocycles. The minimum absolute atomic E-state index is 0.0998. The van der Waals surface area contributed by atoms with Gasteiger partial charge in [0.2, 0.25) is 5.91 Å². The van der Waals surface area contributed by atoms with Gasteiger partial charge in [-0.2, -0.15) is 13.2 Å². The lowest BCUT2D eigenvalue weighted by molar-refractivity contribution is -0.138. The average molecular weight is 478 g/mol. The van der Waals surface area contributed by atoms with E-state index in [4.69, 9.17) is 4.74 Å². The highest BCUT2D eigenvalue weighted by Gasteiger charge is 2.34. The topological polar surface area (TPSA) is 79.5 Å². The molecule has 1 saturated heterocycles. The van der Waals surface area contributed by atoms with E-state index in [1.165, 1.54) is 19.1 Å². The van der Waals surface area contributed by atoms with Crippen LogP contribution in [0.4, 0.5) is 29.3 Å². The predicted octanol–water partition coefficient (Wildman–Crippen LogP) is 6.04. The van der Waals surface area contributed by atoms with Crippen molar-refractivity contribution in [3.05, 3.63) is 59.2 Å². The average Bonchev–Trinajstić information content (AvgIpc) is 2.73. The van der Waals surface area contributed by atoms with Crippen LogP contribution >= 0.6 is 0 Å². The number of carbonyl (C=O) groups excluding carboxylic acids is 2. The Bertz CT molecular complexity index is 1030. The smallest absolute Gasteiger partial charge is 0.416 e. The molecule has 3 N–H and O–H groups in total. The van der Waals surface area contributed by atoms with Gasteiger partial charge in [0.1, 0.15) is 5.60 Å². The summed E-state index contributed by atoms with van der Waals surface area (Å²) in [5, 5.41) is 8.66. The van der Waals surface area contributed by atoms with Gasteiger partial charge >= 0.3 is 12.3 Å². The summed E-state index contributed by atoms with van der Waals surface area (Å²) in [7, 11) is 0. The lowest BCUT2D eigenvalue weighted by Gasteiger charge is -2.32. The second-order valence-electron chi connectivity index (χ2n) is 9.45. The second-order valence-corrected chi connectivity index (χ2v) is 9.45. The molecule has 2 aromatic carbocycles. The Balaban J connectivity index is 1.72. The Morgan fingerprint density at radius 2 is 1.65 bits per heavy atom. The molecule has 1 heterocycles. The highest BCUT2D eigenvalue weighted by molar-refractivity contribution is 5.93. The third kappa shape index (κ3) is 6.72. The number of alkyl halides is 3. The maximum absolute atomic E-state index is 13.2. The molecule has 1 aliphatic rings. The fraction of sp³-hybridized carbons (Fsp3) is 0.440. The Hall–Kier alpha value is -3.07. The van der Waals surface area contributed by atoms with Crippen LogP contribution in [0.5, 0.6) is 0 Å². The molecular weight excluding hydrogens is 447 g/mol. The molecule has 6 nitrogen and oxygen atoms in total. The molecule has 9 heteroatoms. The molecule has 2 amide bonds. The first kappa shape index (κ1) is 25.6. The third-order valence-corrected chi connectivity index (χ3v) is 5.52. The van der Waals surface area contributed by atoms with Gasteiger partial charge in [-0.25, -0.2) is 4.79 Å². The molecule has 0 radical (unpaired) electrons. The molecule has 34 heavy (non-hydrogen) atoms. The number of carbonyl (C=O) groups is 2. The number of benzene rings is 2. The van der Waals surface area contributed by atoms with Crippen molar-refractivity contribution in [2.75, 3.05) is 17.2 Å². The van der Waals surface area contributed by atoms with Crippen LogP contribution in [0.15, 0.2) is 42.5 Å². The summed E-state index contributed by atoms with van der Waals surface area (Å²) in [5.41, 5.74) is 0.224. The predicted molar refractivity (Wildman–Crippen MR) is 125 cm³/mol. The Morgan fingerprint density at radius 1 is 1.00 bits per heavy atom. The number of halogens is 3. The van der Waals surface area contributed by atoms with Gasteiger partial charge in [-0.15, -0.1) is 0 Å². The standard InChI is InChI=1S/C25H30F3N3O3/c1-15-7-10-18(14-20(15)25(26,27)28)30-22(32)19-6-5-13-29-21(19)16-8-11-17(12-9-16)31-23(33)34-24(2,3)4/h7-12,14,19,21,29H,5-6,13H2,1-4H3,(H,30,32)(H,31,33). The second kappa shape index (κ2) is 10.0. The summed E-state index contributed by atoms with van der Waals surface area (Å²) >= 11 is 0. The van der Waals surface area contributed by atoms with Crippen LogP contribution in [0, 0.1) is 12.8 Å². The monoisotopic (exact) mass is 477 g/mol. The van der Waals surface area contributed by atoms with E-state index in [1.54, 1.807) is 32.9 Å². The van der Waals surface area contributed by atoms with Gasteiger partial charge < -0.3 is 15.4 Å². The van der Waals surface area contributed by atoms with E-state index in [2.05, 4.69) is 16.0 Å². The van der Waals surface area contributed by atoms with Gasteiger partial charge in [-0.05, 0) is 82.5 Å². The quantitative estimate of drug-likeness (QED) is 0.502. The molecule has 0 bridgehead atoms. The van der Waals surface area contributed by atoms with E-state index in [-0.39, 0.29) is 23.2 Å². The van der Waals surface area contributed by atoms with E-state index >= 15 is 0 Å². The Morgan fingerprint density at radius 3 is 2.26 bits per heavy atom. The molecular formula is C25H30F3N3O3. The summed E-state index contributed by atoms with van der Waals surface area (Å²) in [6, 6.07) is 10.6. The molecule has 0 aliphatic carbocycles. The first-order valence-corrected chi connectivity index (χ1v) is 11.2. The minimum atomic E-state index is -4.49. The molecule has 184 valence electrons. The largest absolute Gasteiger partial charge is 0.444 e.